The molecule has 0 unspecified atom stereocenters. The molecule has 0 bridgehead atoms. The van der Waals surface area contributed by atoms with Gasteiger partial charge in [-0.2, -0.15) is 5.10 Å². The summed E-state index contributed by atoms with van der Waals surface area (Å²) >= 11 is 0. The van der Waals surface area contributed by atoms with Crippen LogP contribution in [0.5, 0.6) is 5.75 Å². The van der Waals surface area contributed by atoms with E-state index in [0.29, 0.717) is 5.75 Å². The van der Waals surface area contributed by atoms with E-state index in [-0.39, 0.29) is 17.3 Å². The van der Waals surface area contributed by atoms with E-state index in [1.807, 2.05) is 13.8 Å². The van der Waals surface area contributed by atoms with Crippen LogP contribution in [0.4, 0.5) is 8.78 Å². The molecule has 0 aliphatic heterocycles. The van der Waals surface area contributed by atoms with Crippen LogP contribution in [0.2, 0.25) is 0 Å². The molecule has 1 aromatic carbocycles. The molecule has 0 amide bonds. The van der Waals surface area contributed by atoms with Gasteiger partial charge in [0.05, 0.1) is 18.9 Å². The number of hydrogen-bond acceptors (Lipinski definition) is 2. The number of aromatic nitrogens is 2. The molecule has 18 heavy (non-hydrogen) atoms. The first kappa shape index (κ1) is 12.5. The first-order valence-corrected chi connectivity index (χ1v) is 5.62. The lowest BCUT2D eigenvalue weighted by atomic mass is 10.1. The Balaban J connectivity index is 2.63. The normalized spacial score (nSPS) is 11.0. The van der Waals surface area contributed by atoms with Gasteiger partial charge in [0.25, 0.3) is 0 Å². The minimum Gasteiger partial charge on any atom is -0.493 e. The van der Waals surface area contributed by atoms with Crippen LogP contribution in [0, 0.1) is 11.6 Å². The second kappa shape index (κ2) is 4.76. The Morgan fingerprint density at radius 2 is 1.83 bits per heavy atom. The molecule has 0 atom stereocenters. The molecule has 0 fully saturated rings. The van der Waals surface area contributed by atoms with Crippen molar-refractivity contribution in [1.29, 1.82) is 0 Å². The minimum atomic E-state index is -0.651. The largest absolute Gasteiger partial charge is 0.493 e. The number of rotatable bonds is 3. The second-order valence-electron chi connectivity index (χ2n) is 4.22. The predicted molar refractivity (Wildman–Crippen MR) is 64.5 cm³/mol. The molecule has 0 aliphatic carbocycles. The highest BCUT2D eigenvalue weighted by Crippen LogP contribution is 2.33. The van der Waals surface area contributed by atoms with Gasteiger partial charge in [-0.25, -0.2) is 8.78 Å². The summed E-state index contributed by atoms with van der Waals surface area (Å²) in [5.74, 6) is -0.947. The van der Waals surface area contributed by atoms with E-state index < -0.39 is 11.6 Å². The molecule has 96 valence electrons. The summed E-state index contributed by atoms with van der Waals surface area (Å²) < 4.78 is 34.2. The summed E-state index contributed by atoms with van der Waals surface area (Å²) in [6.07, 6.45) is 1.63. The average molecular weight is 252 g/mol. The molecule has 0 N–H and O–H groups in total. The Bertz CT molecular complexity index is 544. The number of methoxy groups -OCH3 is 1. The first-order valence-electron chi connectivity index (χ1n) is 5.62. The van der Waals surface area contributed by atoms with E-state index in [9.17, 15) is 8.78 Å². The van der Waals surface area contributed by atoms with Gasteiger partial charge in [-0.05, 0) is 26.0 Å². The van der Waals surface area contributed by atoms with E-state index in [4.69, 9.17) is 4.74 Å². The summed E-state index contributed by atoms with van der Waals surface area (Å²) in [5.41, 5.74) is 0.0237. The summed E-state index contributed by atoms with van der Waals surface area (Å²) in [4.78, 5) is 0. The van der Waals surface area contributed by atoms with Crippen molar-refractivity contribution in [2.24, 2.45) is 0 Å². The molecule has 1 heterocycles. The second-order valence-corrected chi connectivity index (χ2v) is 4.22. The van der Waals surface area contributed by atoms with Crippen molar-refractivity contribution in [3.8, 4) is 17.0 Å². The van der Waals surface area contributed by atoms with Gasteiger partial charge in [0.15, 0.2) is 5.75 Å². The highest BCUT2D eigenvalue weighted by Gasteiger charge is 2.20. The maximum absolute atomic E-state index is 13.7. The maximum atomic E-state index is 13.7. The highest BCUT2D eigenvalue weighted by molar-refractivity contribution is 5.67. The summed E-state index contributed by atoms with van der Waals surface area (Å²) in [6, 6.07) is 3.81. The lowest BCUT2D eigenvalue weighted by Crippen LogP contribution is -2.01. The van der Waals surface area contributed by atoms with Crippen molar-refractivity contribution in [1.82, 2.24) is 9.78 Å². The first-order chi connectivity index (χ1) is 8.54. The monoisotopic (exact) mass is 252 g/mol. The predicted octanol–water partition coefficient (Wildman–Crippen LogP) is 3.42. The van der Waals surface area contributed by atoms with E-state index in [1.165, 1.54) is 25.3 Å². The van der Waals surface area contributed by atoms with Crippen LogP contribution >= 0.6 is 0 Å². The van der Waals surface area contributed by atoms with Crippen LogP contribution in [0.25, 0.3) is 11.3 Å². The summed E-state index contributed by atoms with van der Waals surface area (Å²) in [5, 5.41) is 4.18. The van der Waals surface area contributed by atoms with Crippen molar-refractivity contribution < 1.29 is 13.5 Å². The lowest BCUT2D eigenvalue weighted by molar-refractivity contribution is 0.413. The van der Waals surface area contributed by atoms with E-state index in [1.54, 1.807) is 10.9 Å². The Kier molecular flexibility index (Phi) is 3.32. The topological polar surface area (TPSA) is 27.1 Å². The minimum absolute atomic E-state index is 0.0856. The van der Waals surface area contributed by atoms with E-state index in [0.717, 1.165) is 0 Å². The van der Waals surface area contributed by atoms with Crippen LogP contribution in [-0.4, -0.2) is 16.9 Å². The molecule has 0 saturated carbocycles. The van der Waals surface area contributed by atoms with Gasteiger partial charge in [-0.1, -0.05) is 6.07 Å². The maximum Gasteiger partial charge on any atom is 0.164 e. The molecule has 2 rings (SSSR count). The third kappa shape index (κ3) is 2.08. The quantitative estimate of drug-likeness (QED) is 0.837. The summed E-state index contributed by atoms with van der Waals surface area (Å²) in [6.45, 7) is 3.85. The van der Waals surface area contributed by atoms with Crippen LogP contribution in [0.1, 0.15) is 19.9 Å². The number of benzene rings is 1. The fourth-order valence-electron chi connectivity index (χ4n) is 1.69. The molecule has 0 aliphatic rings. The molecule has 0 saturated heterocycles. The van der Waals surface area contributed by atoms with Crippen molar-refractivity contribution >= 4 is 0 Å². The standard InChI is InChI=1S/C13H14F2N2O/c1-8(2)17-7-11(18-3)13(16-17)12-9(14)5-4-6-10(12)15/h4-8H,1-3H3. The van der Waals surface area contributed by atoms with Crippen LogP contribution in [-0.2, 0) is 0 Å². The van der Waals surface area contributed by atoms with Gasteiger partial charge in [0, 0.05) is 6.04 Å². The number of nitrogens with zero attached hydrogens (tertiary/aromatic N) is 2. The number of ether oxygens (including phenoxy) is 1. The van der Waals surface area contributed by atoms with Crippen molar-refractivity contribution in [2.45, 2.75) is 19.9 Å². The van der Waals surface area contributed by atoms with Crippen molar-refractivity contribution in [3.05, 3.63) is 36.0 Å². The fourth-order valence-corrected chi connectivity index (χ4v) is 1.69. The molecule has 0 spiro atoms. The number of halogens is 2. The fraction of sp³-hybridized carbons (Fsp3) is 0.308. The van der Waals surface area contributed by atoms with Gasteiger partial charge in [0.2, 0.25) is 0 Å². The van der Waals surface area contributed by atoms with Gasteiger partial charge < -0.3 is 4.74 Å². The Morgan fingerprint density at radius 3 is 2.33 bits per heavy atom. The van der Waals surface area contributed by atoms with Crippen LogP contribution in [0.3, 0.4) is 0 Å². The highest BCUT2D eigenvalue weighted by atomic mass is 19.1. The SMILES string of the molecule is COc1cn(C(C)C)nc1-c1c(F)cccc1F. The Labute approximate surface area is 104 Å². The van der Waals surface area contributed by atoms with Crippen molar-refractivity contribution in [3.63, 3.8) is 0 Å². The third-order valence-electron chi connectivity index (χ3n) is 2.65. The third-order valence-corrected chi connectivity index (χ3v) is 2.65. The molecular weight excluding hydrogens is 238 g/mol. The van der Waals surface area contributed by atoms with E-state index in [2.05, 4.69) is 5.10 Å². The summed E-state index contributed by atoms with van der Waals surface area (Å²) in [7, 11) is 1.45. The zero-order chi connectivity index (χ0) is 13.3. The molecular formula is C13H14F2N2O. The molecule has 2 aromatic rings. The van der Waals surface area contributed by atoms with Crippen LogP contribution < -0.4 is 4.74 Å². The van der Waals surface area contributed by atoms with Gasteiger partial charge in [-0.15, -0.1) is 0 Å². The number of hydrogen-bond donors (Lipinski definition) is 0. The zero-order valence-electron chi connectivity index (χ0n) is 10.4. The molecule has 5 heteroatoms. The molecule has 1 aromatic heterocycles. The smallest absolute Gasteiger partial charge is 0.164 e. The van der Waals surface area contributed by atoms with Gasteiger partial charge in [-0.3, -0.25) is 4.68 Å². The molecule has 3 nitrogen and oxygen atoms in total. The molecule has 0 radical (unpaired) electrons. The zero-order valence-corrected chi connectivity index (χ0v) is 10.4. The lowest BCUT2D eigenvalue weighted by Gasteiger charge is -2.04. The Hall–Kier alpha value is -1.91. The van der Waals surface area contributed by atoms with Crippen molar-refractivity contribution in [2.75, 3.05) is 7.11 Å². The van der Waals surface area contributed by atoms with E-state index >= 15 is 0 Å². The van der Waals surface area contributed by atoms with Gasteiger partial charge in [0.1, 0.15) is 17.3 Å². The van der Waals surface area contributed by atoms with Crippen LogP contribution in [0.15, 0.2) is 24.4 Å². The average Bonchev–Trinajstić information content (AvgIpc) is 2.73. The van der Waals surface area contributed by atoms with Gasteiger partial charge >= 0.3 is 0 Å². The Morgan fingerprint density at radius 1 is 1.22 bits per heavy atom.